The predicted octanol–water partition coefficient (Wildman–Crippen LogP) is 3.25. The smallest absolute Gasteiger partial charge is 0.309 e. The van der Waals surface area contributed by atoms with Gasteiger partial charge in [0.25, 0.3) is 0 Å². The van der Waals surface area contributed by atoms with Crippen molar-refractivity contribution in [3.05, 3.63) is 34.9 Å². The van der Waals surface area contributed by atoms with Gasteiger partial charge in [-0.1, -0.05) is 12.1 Å². The molecular weight excluding hydrogens is 240 g/mol. The van der Waals surface area contributed by atoms with Crippen molar-refractivity contribution in [1.82, 2.24) is 0 Å². The number of hydrogen-bond acceptors (Lipinski definition) is 2. The summed E-state index contributed by atoms with van der Waals surface area (Å²) in [6.45, 7) is 3.32. The number of aryl methyl sites for hydroxylation is 2. The van der Waals surface area contributed by atoms with E-state index < -0.39 is 11.4 Å². The van der Waals surface area contributed by atoms with Gasteiger partial charge in [0.15, 0.2) is 5.78 Å². The van der Waals surface area contributed by atoms with E-state index in [0.717, 1.165) is 18.4 Å². The van der Waals surface area contributed by atoms with E-state index in [-0.39, 0.29) is 12.2 Å². The third-order valence-electron chi connectivity index (χ3n) is 3.98. The number of fused-ring (bicyclic) bond motifs is 1. The van der Waals surface area contributed by atoms with Crippen molar-refractivity contribution in [2.75, 3.05) is 0 Å². The largest absolute Gasteiger partial charge is 0.481 e. The van der Waals surface area contributed by atoms with Gasteiger partial charge >= 0.3 is 5.97 Å². The molecule has 1 N–H and O–H groups in total. The molecule has 0 atom stereocenters. The molecule has 0 heterocycles. The molecule has 1 aliphatic carbocycles. The molecule has 1 aromatic rings. The maximum Gasteiger partial charge on any atom is 0.309 e. The molecule has 1 aliphatic rings. The molecule has 0 aromatic heterocycles. The van der Waals surface area contributed by atoms with Crippen molar-refractivity contribution in [1.29, 1.82) is 0 Å². The third kappa shape index (κ3) is 3.03. The normalized spacial score (nSPS) is 14.2. The molecule has 1 aromatic carbocycles. The molecule has 0 unspecified atom stereocenters. The van der Waals surface area contributed by atoms with E-state index in [4.69, 9.17) is 5.11 Å². The Bertz CT molecular complexity index is 515. The lowest BCUT2D eigenvalue weighted by Gasteiger charge is -2.18. The summed E-state index contributed by atoms with van der Waals surface area (Å²) in [7, 11) is 0. The number of carbonyl (C=O) groups excluding carboxylic acids is 1. The summed E-state index contributed by atoms with van der Waals surface area (Å²) in [5.74, 6) is -0.807. The van der Waals surface area contributed by atoms with Crippen LogP contribution in [-0.2, 0) is 17.6 Å². The third-order valence-corrected chi connectivity index (χ3v) is 3.98. The SMILES string of the molecule is CC(C)(CCC(=O)c1ccc2c(c1)CCC2)C(=O)O. The van der Waals surface area contributed by atoms with Crippen molar-refractivity contribution < 1.29 is 14.7 Å². The number of carboxylic acid groups (broad SMARTS) is 1. The van der Waals surface area contributed by atoms with Crippen LogP contribution >= 0.6 is 0 Å². The molecule has 0 spiro atoms. The highest BCUT2D eigenvalue weighted by molar-refractivity contribution is 5.96. The summed E-state index contributed by atoms with van der Waals surface area (Å²) < 4.78 is 0. The zero-order chi connectivity index (χ0) is 14.0. The fourth-order valence-electron chi connectivity index (χ4n) is 2.42. The number of Topliss-reactive ketones (excluding diaryl/α,β-unsaturated/α-hetero) is 1. The van der Waals surface area contributed by atoms with Crippen LogP contribution in [0.4, 0.5) is 0 Å². The number of aliphatic carboxylic acids is 1. The first-order valence-corrected chi connectivity index (χ1v) is 6.78. The van der Waals surface area contributed by atoms with E-state index in [2.05, 4.69) is 0 Å². The van der Waals surface area contributed by atoms with Crippen LogP contribution in [-0.4, -0.2) is 16.9 Å². The van der Waals surface area contributed by atoms with Gasteiger partial charge in [-0.2, -0.15) is 0 Å². The van der Waals surface area contributed by atoms with Gasteiger partial charge in [-0.3, -0.25) is 9.59 Å². The zero-order valence-electron chi connectivity index (χ0n) is 11.5. The Morgan fingerprint density at radius 1 is 1.21 bits per heavy atom. The van der Waals surface area contributed by atoms with Gasteiger partial charge in [-0.05, 0) is 56.7 Å². The Labute approximate surface area is 113 Å². The van der Waals surface area contributed by atoms with Gasteiger partial charge in [0.1, 0.15) is 0 Å². The second-order valence-corrected chi connectivity index (χ2v) is 5.95. The lowest BCUT2D eigenvalue weighted by atomic mass is 9.86. The summed E-state index contributed by atoms with van der Waals surface area (Å²) in [5, 5.41) is 9.04. The van der Waals surface area contributed by atoms with Crippen LogP contribution in [0.15, 0.2) is 18.2 Å². The molecule has 0 fully saturated rings. The Balaban J connectivity index is 2.03. The highest BCUT2D eigenvalue weighted by Gasteiger charge is 2.27. The molecule has 102 valence electrons. The van der Waals surface area contributed by atoms with Gasteiger partial charge in [0.2, 0.25) is 0 Å². The summed E-state index contributed by atoms with van der Waals surface area (Å²) in [6, 6.07) is 5.90. The van der Waals surface area contributed by atoms with Crippen LogP contribution in [0, 0.1) is 5.41 Å². The quantitative estimate of drug-likeness (QED) is 0.827. The summed E-state index contributed by atoms with van der Waals surface area (Å²) >= 11 is 0. The van der Waals surface area contributed by atoms with Gasteiger partial charge < -0.3 is 5.11 Å². The van der Waals surface area contributed by atoms with Crippen molar-refractivity contribution in [3.8, 4) is 0 Å². The van der Waals surface area contributed by atoms with Crippen LogP contribution in [0.25, 0.3) is 0 Å². The molecule has 19 heavy (non-hydrogen) atoms. The molecule has 3 nitrogen and oxygen atoms in total. The summed E-state index contributed by atoms with van der Waals surface area (Å²) in [5.41, 5.74) is 2.51. The molecule has 0 aliphatic heterocycles. The van der Waals surface area contributed by atoms with Crippen molar-refractivity contribution in [2.45, 2.75) is 46.0 Å². The van der Waals surface area contributed by atoms with E-state index in [0.29, 0.717) is 6.42 Å². The maximum absolute atomic E-state index is 12.1. The van der Waals surface area contributed by atoms with Crippen LogP contribution in [0.2, 0.25) is 0 Å². The van der Waals surface area contributed by atoms with Crippen LogP contribution in [0.1, 0.15) is 54.6 Å². The monoisotopic (exact) mass is 260 g/mol. The van der Waals surface area contributed by atoms with Crippen LogP contribution in [0.5, 0.6) is 0 Å². The minimum Gasteiger partial charge on any atom is -0.481 e. The molecule has 0 amide bonds. The number of rotatable bonds is 5. The Morgan fingerprint density at radius 3 is 2.58 bits per heavy atom. The first-order chi connectivity index (χ1) is 8.90. The topological polar surface area (TPSA) is 54.4 Å². The van der Waals surface area contributed by atoms with Gasteiger partial charge in [0.05, 0.1) is 5.41 Å². The van der Waals surface area contributed by atoms with E-state index in [1.807, 2.05) is 18.2 Å². The predicted molar refractivity (Wildman–Crippen MR) is 73.4 cm³/mol. The van der Waals surface area contributed by atoms with E-state index >= 15 is 0 Å². The number of benzene rings is 1. The average molecular weight is 260 g/mol. The molecular formula is C16H20O3. The van der Waals surface area contributed by atoms with Gasteiger partial charge in [-0.15, -0.1) is 0 Å². The van der Waals surface area contributed by atoms with E-state index in [9.17, 15) is 9.59 Å². The van der Waals surface area contributed by atoms with Crippen molar-refractivity contribution >= 4 is 11.8 Å². The number of ketones is 1. The van der Waals surface area contributed by atoms with E-state index in [1.165, 1.54) is 17.5 Å². The minimum atomic E-state index is -0.853. The first kappa shape index (κ1) is 13.8. The Kier molecular flexibility index (Phi) is 3.74. The zero-order valence-corrected chi connectivity index (χ0v) is 11.5. The first-order valence-electron chi connectivity index (χ1n) is 6.78. The summed E-state index contributed by atoms with van der Waals surface area (Å²) in [6.07, 6.45) is 3.99. The van der Waals surface area contributed by atoms with Crippen molar-refractivity contribution in [3.63, 3.8) is 0 Å². The van der Waals surface area contributed by atoms with Crippen LogP contribution in [0.3, 0.4) is 0 Å². The second kappa shape index (κ2) is 5.16. The fraction of sp³-hybridized carbons (Fsp3) is 0.500. The highest BCUT2D eigenvalue weighted by atomic mass is 16.4. The average Bonchev–Trinajstić information content (AvgIpc) is 2.82. The lowest BCUT2D eigenvalue weighted by Crippen LogP contribution is -2.24. The van der Waals surface area contributed by atoms with Gasteiger partial charge in [0, 0.05) is 12.0 Å². The second-order valence-electron chi connectivity index (χ2n) is 5.95. The standard InChI is InChI=1S/C16H20O3/c1-16(2,15(18)19)9-8-14(17)13-7-6-11-4-3-5-12(11)10-13/h6-7,10H,3-5,8-9H2,1-2H3,(H,18,19). The van der Waals surface area contributed by atoms with E-state index in [1.54, 1.807) is 13.8 Å². The molecule has 2 rings (SSSR count). The molecule has 0 saturated carbocycles. The van der Waals surface area contributed by atoms with Gasteiger partial charge in [-0.25, -0.2) is 0 Å². The number of carbonyl (C=O) groups is 2. The number of carboxylic acids is 1. The summed E-state index contributed by atoms with van der Waals surface area (Å²) in [4.78, 5) is 23.1. The molecule has 0 bridgehead atoms. The maximum atomic E-state index is 12.1. The fourth-order valence-corrected chi connectivity index (χ4v) is 2.42. The lowest BCUT2D eigenvalue weighted by molar-refractivity contribution is -0.147. The molecule has 3 heteroatoms. The minimum absolute atomic E-state index is 0.0454. The Hall–Kier alpha value is -1.64. The Morgan fingerprint density at radius 2 is 1.89 bits per heavy atom. The molecule has 0 radical (unpaired) electrons. The van der Waals surface area contributed by atoms with Crippen molar-refractivity contribution in [2.24, 2.45) is 5.41 Å². The number of hydrogen-bond donors (Lipinski definition) is 1. The van der Waals surface area contributed by atoms with Crippen LogP contribution < -0.4 is 0 Å². The highest BCUT2D eigenvalue weighted by Crippen LogP contribution is 2.26. The molecule has 0 saturated heterocycles.